The van der Waals surface area contributed by atoms with Gasteiger partial charge in [0.15, 0.2) is 4.80 Å². The fraction of sp³-hybridized carbons (Fsp3) is 0.114. The summed E-state index contributed by atoms with van der Waals surface area (Å²) < 4.78 is 29.1. The summed E-state index contributed by atoms with van der Waals surface area (Å²) in [6, 6.07) is 27.7. The number of aromatic nitrogens is 1. The second-order valence-electron chi connectivity index (χ2n) is 10.1. The lowest BCUT2D eigenvalue weighted by atomic mass is 9.93. The van der Waals surface area contributed by atoms with Crippen molar-refractivity contribution in [3.8, 4) is 5.75 Å². The normalized spacial score (nSPS) is 14.6. The van der Waals surface area contributed by atoms with Crippen molar-refractivity contribution in [2.45, 2.75) is 19.6 Å². The van der Waals surface area contributed by atoms with Crippen LogP contribution in [0.5, 0.6) is 5.75 Å². The van der Waals surface area contributed by atoms with Gasteiger partial charge in [-0.15, -0.1) is 0 Å². The molecule has 1 aromatic heterocycles. The first-order valence-corrected chi connectivity index (χ1v) is 16.4. The highest BCUT2D eigenvalue weighted by Gasteiger charge is 2.35. The quantitative estimate of drug-likeness (QED) is 0.158. The van der Waals surface area contributed by atoms with E-state index in [1.54, 1.807) is 25.1 Å². The van der Waals surface area contributed by atoms with Gasteiger partial charge in [0.05, 0.1) is 32.9 Å². The number of benzene rings is 4. The first-order chi connectivity index (χ1) is 21.8. The van der Waals surface area contributed by atoms with Crippen LogP contribution in [0.1, 0.15) is 35.2 Å². The molecule has 5 aromatic rings. The predicted molar refractivity (Wildman–Crippen MR) is 180 cm³/mol. The van der Waals surface area contributed by atoms with E-state index in [1.165, 1.54) is 28.0 Å². The lowest BCUT2D eigenvalue weighted by Crippen LogP contribution is -2.40. The third kappa shape index (κ3) is 6.63. The molecule has 45 heavy (non-hydrogen) atoms. The van der Waals surface area contributed by atoms with Crippen LogP contribution in [0.2, 0.25) is 0 Å². The van der Waals surface area contributed by atoms with Gasteiger partial charge < -0.3 is 9.47 Å². The second-order valence-corrected chi connectivity index (χ2v) is 12.9. The topological polar surface area (TPSA) is 69.9 Å². The molecule has 1 aliphatic heterocycles. The summed E-state index contributed by atoms with van der Waals surface area (Å²) in [4.78, 5) is 32.9. The van der Waals surface area contributed by atoms with Crippen molar-refractivity contribution in [1.29, 1.82) is 0 Å². The van der Waals surface area contributed by atoms with E-state index >= 15 is 0 Å². The molecule has 2 heterocycles. The Morgan fingerprint density at radius 1 is 1.00 bits per heavy atom. The van der Waals surface area contributed by atoms with Crippen molar-refractivity contribution in [2.75, 3.05) is 6.61 Å². The molecule has 1 atom stereocenters. The Hall–Kier alpha value is -4.12. The number of hydrogen-bond donors (Lipinski definition) is 0. The minimum Gasteiger partial charge on any atom is -0.488 e. The first kappa shape index (κ1) is 30.9. The summed E-state index contributed by atoms with van der Waals surface area (Å²) in [7, 11) is 0. The molecule has 4 aromatic carbocycles. The molecule has 0 saturated carbocycles. The third-order valence-corrected chi connectivity index (χ3v) is 9.25. The van der Waals surface area contributed by atoms with Gasteiger partial charge in [-0.1, -0.05) is 87.9 Å². The molecule has 0 radical (unpaired) electrons. The van der Waals surface area contributed by atoms with E-state index in [0.717, 1.165) is 20.1 Å². The van der Waals surface area contributed by atoms with Gasteiger partial charge in [-0.2, -0.15) is 0 Å². The van der Waals surface area contributed by atoms with Crippen LogP contribution < -0.4 is 19.6 Å². The molecule has 1 aliphatic rings. The minimum atomic E-state index is -0.876. The van der Waals surface area contributed by atoms with Crippen LogP contribution in [0, 0.1) is 5.82 Å². The van der Waals surface area contributed by atoms with Gasteiger partial charge in [-0.25, -0.2) is 14.2 Å². The predicted octanol–water partition coefficient (Wildman–Crippen LogP) is 7.18. The molecular weight excluding hydrogens is 723 g/mol. The summed E-state index contributed by atoms with van der Waals surface area (Å²) >= 11 is 8.26. The molecule has 6 nitrogen and oxygen atoms in total. The zero-order valence-electron chi connectivity index (χ0n) is 23.9. The van der Waals surface area contributed by atoms with E-state index in [1.807, 2.05) is 72.8 Å². The van der Waals surface area contributed by atoms with Crippen LogP contribution in [0.25, 0.3) is 11.8 Å². The Labute approximate surface area is 279 Å². The molecule has 0 spiro atoms. The minimum absolute atomic E-state index is 0.142. The monoisotopic (exact) mass is 746 g/mol. The molecule has 226 valence electrons. The van der Waals surface area contributed by atoms with Crippen molar-refractivity contribution < 1.29 is 18.7 Å². The lowest BCUT2D eigenvalue weighted by Gasteiger charge is -2.25. The van der Waals surface area contributed by atoms with Crippen molar-refractivity contribution >= 4 is 60.9 Å². The fourth-order valence-electron chi connectivity index (χ4n) is 5.02. The molecule has 0 N–H and O–H groups in total. The van der Waals surface area contributed by atoms with Crippen LogP contribution in [-0.2, 0) is 16.1 Å². The van der Waals surface area contributed by atoms with Crippen LogP contribution in [-0.4, -0.2) is 17.1 Å². The maximum atomic E-state index is 14.1. The average Bonchev–Trinajstić information content (AvgIpc) is 3.35. The number of rotatable bonds is 8. The number of ether oxygens (including phenoxy) is 2. The first-order valence-electron chi connectivity index (χ1n) is 14.0. The van der Waals surface area contributed by atoms with Crippen LogP contribution in [0.3, 0.4) is 0 Å². The number of thiazole rings is 1. The van der Waals surface area contributed by atoms with Gasteiger partial charge in [0, 0.05) is 10.0 Å². The Morgan fingerprint density at radius 2 is 1.73 bits per heavy atom. The molecule has 0 amide bonds. The highest BCUT2D eigenvalue weighted by Crippen LogP contribution is 2.35. The number of hydrogen-bond acceptors (Lipinski definition) is 6. The molecule has 0 aliphatic carbocycles. The van der Waals surface area contributed by atoms with Gasteiger partial charge in [0.2, 0.25) is 0 Å². The summed E-state index contributed by atoms with van der Waals surface area (Å²) in [5.41, 5.74) is 3.36. The van der Waals surface area contributed by atoms with Crippen molar-refractivity contribution in [1.82, 2.24) is 4.57 Å². The van der Waals surface area contributed by atoms with E-state index in [9.17, 15) is 14.0 Å². The van der Waals surface area contributed by atoms with Gasteiger partial charge in [-0.05, 0) is 82.0 Å². The molecule has 0 saturated heterocycles. The van der Waals surface area contributed by atoms with Gasteiger partial charge >= 0.3 is 5.97 Å². The highest BCUT2D eigenvalue weighted by molar-refractivity contribution is 9.10. The fourth-order valence-corrected chi connectivity index (χ4v) is 6.79. The van der Waals surface area contributed by atoms with Gasteiger partial charge in [0.25, 0.3) is 5.56 Å². The number of esters is 1. The van der Waals surface area contributed by atoms with E-state index in [0.29, 0.717) is 38.5 Å². The maximum Gasteiger partial charge on any atom is 0.338 e. The highest BCUT2D eigenvalue weighted by atomic mass is 79.9. The number of fused-ring (bicyclic) bond motifs is 1. The summed E-state index contributed by atoms with van der Waals surface area (Å²) in [6.07, 6.45) is 1.78. The number of carbonyl (C=O) groups excluding carboxylic acids is 1. The largest absolute Gasteiger partial charge is 0.488 e. The lowest BCUT2D eigenvalue weighted by molar-refractivity contribution is -0.138. The average molecular weight is 748 g/mol. The molecule has 6 rings (SSSR count). The Kier molecular flexibility index (Phi) is 9.25. The molecule has 0 bridgehead atoms. The van der Waals surface area contributed by atoms with Gasteiger partial charge in [-0.3, -0.25) is 9.36 Å². The smallest absolute Gasteiger partial charge is 0.338 e. The number of carbonyl (C=O) groups is 1. The second kappa shape index (κ2) is 13.5. The number of halogens is 3. The van der Waals surface area contributed by atoms with E-state index < -0.39 is 17.8 Å². The van der Waals surface area contributed by atoms with E-state index in [2.05, 4.69) is 31.9 Å². The maximum absolute atomic E-state index is 14.1. The van der Waals surface area contributed by atoms with Crippen molar-refractivity contribution in [3.63, 3.8) is 0 Å². The Balaban J connectivity index is 1.45. The molecule has 0 fully saturated rings. The summed E-state index contributed by atoms with van der Waals surface area (Å²) in [5.74, 6) is -0.350. The van der Waals surface area contributed by atoms with Crippen molar-refractivity contribution in [2.24, 2.45) is 4.99 Å². The summed E-state index contributed by atoms with van der Waals surface area (Å²) in [5, 5.41) is 0. The molecule has 10 heteroatoms. The van der Waals surface area contributed by atoms with Gasteiger partial charge in [0.1, 0.15) is 18.2 Å². The zero-order chi connectivity index (χ0) is 31.5. The number of nitrogens with zero attached hydrogens (tertiary/aromatic N) is 2. The zero-order valence-corrected chi connectivity index (χ0v) is 27.9. The standard InChI is InChI=1S/C35H25Br2FN2O4S/c1-2-43-34(42)30-31(23-6-4-3-5-7-23)39-35-40(32(30)24-11-15-26(38)16-12-24)33(41)29(45-35)19-22-10-17-28(27(37)18-22)44-20-21-8-13-25(36)14-9-21/h3-19,32H,2,20H2,1H3/b29-19-/t32-/m0/s1. The summed E-state index contributed by atoms with van der Waals surface area (Å²) in [6.45, 7) is 2.26. The Bertz CT molecular complexity index is 2090. The third-order valence-electron chi connectivity index (χ3n) is 7.12. The Morgan fingerprint density at radius 3 is 2.42 bits per heavy atom. The molecular formula is C35H25Br2FN2O4S. The van der Waals surface area contributed by atoms with E-state index in [4.69, 9.17) is 14.5 Å². The van der Waals surface area contributed by atoms with E-state index in [-0.39, 0.29) is 17.7 Å². The van der Waals surface area contributed by atoms with Crippen molar-refractivity contribution in [3.05, 3.63) is 159 Å². The molecule has 0 unspecified atom stereocenters. The van der Waals surface area contributed by atoms with Crippen LogP contribution in [0.15, 0.2) is 121 Å². The van der Waals surface area contributed by atoms with Crippen LogP contribution in [0.4, 0.5) is 4.39 Å². The van der Waals surface area contributed by atoms with Crippen LogP contribution >= 0.6 is 43.2 Å². The SMILES string of the molecule is CCOC(=O)C1=C(c2ccccc2)N=c2s/c(=C\c3ccc(OCc4ccc(Br)cc4)c(Br)c3)c(=O)n2[C@H]1c1ccc(F)cc1.